The highest BCUT2D eigenvalue weighted by Gasteiger charge is 2.13. The average molecular weight is 328 g/mol. The van der Waals surface area contributed by atoms with Crippen LogP contribution in [0.1, 0.15) is 5.56 Å². The Morgan fingerprint density at radius 1 is 1.24 bits per heavy atom. The van der Waals surface area contributed by atoms with Gasteiger partial charge in [-0.05, 0) is 18.2 Å². The molecule has 0 heterocycles. The molecule has 3 N–H and O–H groups in total. The molecule has 2 rings (SSSR count). The molecule has 0 saturated carbocycles. The van der Waals surface area contributed by atoms with Crippen LogP contribution in [0.5, 0.6) is 5.75 Å². The zero-order valence-electron chi connectivity index (χ0n) is 10.7. The molecule has 0 fully saturated rings. The van der Waals surface area contributed by atoms with Gasteiger partial charge >= 0.3 is 0 Å². The van der Waals surface area contributed by atoms with Gasteiger partial charge in [0.1, 0.15) is 6.61 Å². The Morgan fingerprint density at radius 2 is 1.90 bits per heavy atom. The monoisotopic (exact) mass is 327 g/mol. The van der Waals surface area contributed by atoms with Gasteiger partial charge in [-0.2, -0.15) is 0 Å². The summed E-state index contributed by atoms with van der Waals surface area (Å²) in [5.41, 5.74) is 3.43. The molecule has 0 aliphatic rings. The second kappa shape index (κ2) is 6.62. The number of nitrogens with zero attached hydrogens (tertiary/aromatic N) is 1. The van der Waals surface area contributed by atoms with Crippen molar-refractivity contribution in [3.8, 4) is 5.75 Å². The normalized spacial score (nSPS) is 10.2. The van der Waals surface area contributed by atoms with E-state index in [9.17, 15) is 10.1 Å². The third kappa shape index (κ3) is 3.55. The van der Waals surface area contributed by atoms with E-state index in [0.29, 0.717) is 27.0 Å². The number of nitro benzene ring substituents is 1. The van der Waals surface area contributed by atoms with E-state index in [4.69, 9.17) is 33.8 Å². The Kier molecular flexibility index (Phi) is 4.85. The van der Waals surface area contributed by atoms with Crippen molar-refractivity contribution in [3.63, 3.8) is 0 Å². The third-order valence-electron chi connectivity index (χ3n) is 2.75. The van der Waals surface area contributed by atoms with E-state index in [-0.39, 0.29) is 12.3 Å². The summed E-state index contributed by atoms with van der Waals surface area (Å²) in [6.45, 7) is 0.0324. The van der Waals surface area contributed by atoms with E-state index in [1.54, 1.807) is 18.2 Å². The first kappa shape index (κ1) is 15.4. The van der Waals surface area contributed by atoms with Crippen LogP contribution in [0.15, 0.2) is 36.4 Å². The summed E-state index contributed by atoms with van der Waals surface area (Å²) in [6, 6.07) is 9.19. The lowest BCUT2D eigenvalue weighted by atomic mass is 10.1. The average Bonchev–Trinajstić information content (AvgIpc) is 2.46. The van der Waals surface area contributed by atoms with Crippen molar-refractivity contribution in [2.24, 2.45) is 5.84 Å². The molecule has 6 nitrogen and oxygen atoms in total. The molecule has 110 valence electrons. The predicted molar refractivity (Wildman–Crippen MR) is 81.7 cm³/mol. The topological polar surface area (TPSA) is 90.4 Å². The molecule has 2 aromatic carbocycles. The van der Waals surface area contributed by atoms with Crippen molar-refractivity contribution in [3.05, 3.63) is 62.1 Å². The number of anilines is 1. The lowest BCUT2D eigenvalue weighted by Crippen LogP contribution is -2.11. The molecule has 0 radical (unpaired) electrons. The van der Waals surface area contributed by atoms with Crippen LogP contribution in [-0.2, 0) is 6.61 Å². The zero-order chi connectivity index (χ0) is 15.4. The maximum Gasteiger partial charge on any atom is 0.269 e. The fraction of sp³-hybridized carbons (Fsp3) is 0.0769. The Balaban J connectivity index is 2.26. The molecular formula is C13H11Cl2N3O3. The molecule has 8 heteroatoms. The number of nitro groups is 1. The summed E-state index contributed by atoms with van der Waals surface area (Å²) in [5, 5.41) is 11.5. The van der Waals surface area contributed by atoms with E-state index < -0.39 is 4.92 Å². The van der Waals surface area contributed by atoms with Crippen LogP contribution in [-0.4, -0.2) is 4.92 Å². The highest BCUT2D eigenvalue weighted by atomic mass is 35.5. The van der Waals surface area contributed by atoms with Crippen molar-refractivity contribution >= 4 is 34.6 Å². The van der Waals surface area contributed by atoms with Crippen molar-refractivity contribution < 1.29 is 9.66 Å². The number of nitrogen functional groups attached to an aromatic ring is 1. The molecule has 0 saturated heterocycles. The second-order valence-electron chi connectivity index (χ2n) is 4.08. The number of ether oxygens (including phenoxy) is 1. The minimum absolute atomic E-state index is 0.0324. The number of nitrogens with two attached hydrogens (primary N) is 1. The van der Waals surface area contributed by atoms with E-state index in [1.165, 1.54) is 18.2 Å². The molecule has 0 aliphatic heterocycles. The number of hydrogen-bond acceptors (Lipinski definition) is 5. The molecule has 0 aliphatic carbocycles. The van der Waals surface area contributed by atoms with Gasteiger partial charge in [-0.25, -0.2) is 0 Å². The first-order valence-corrected chi connectivity index (χ1v) is 6.59. The Morgan fingerprint density at radius 3 is 2.48 bits per heavy atom. The highest BCUT2D eigenvalue weighted by molar-refractivity contribution is 6.37. The van der Waals surface area contributed by atoms with Crippen LogP contribution in [0, 0.1) is 10.1 Å². The van der Waals surface area contributed by atoms with Crippen molar-refractivity contribution in [1.29, 1.82) is 0 Å². The SMILES string of the molecule is NNc1ccc([N+](=O)[O-])cc1COc1c(Cl)cccc1Cl. The number of para-hydroxylation sites is 1. The van der Waals surface area contributed by atoms with Crippen LogP contribution in [0.2, 0.25) is 10.0 Å². The maximum absolute atomic E-state index is 10.8. The number of hydrazine groups is 1. The first-order chi connectivity index (χ1) is 10.0. The van der Waals surface area contributed by atoms with E-state index in [2.05, 4.69) is 5.43 Å². The summed E-state index contributed by atoms with van der Waals surface area (Å²) in [7, 11) is 0. The van der Waals surface area contributed by atoms with Gasteiger partial charge in [-0.3, -0.25) is 16.0 Å². The van der Waals surface area contributed by atoms with Gasteiger partial charge in [0.15, 0.2) is 5.75 Å². The standard InChI is InChI=1S/C13H11Cl2N3O3/c14-10-2-1-3-11(15)13(10)21-7-8-6-9(18(19)20)4-5-12(8)17-16/h1-6,17H,7,16H2. The molecule has 0 bridgehead atoms. The molecule has 0 unspecified atom stereocenters. The Labute approximate surface area is 130 Å². The summed E-state index contributed by atoms with van der Waals surface area (Å²) in [5.74, 6) is 5.69. The van der Waals surface area contributed by atoms with Gasteiger partial charge in [0.05, 0.1) is 20.7 Å². The number of benzene rings is 2. The lowest BCUT2D eigenvalue weighted by Gasteiger charge is -2.12. The van der Waals surface area contributed by atoms with E-state index >= 15 is 0 Å². The van der Waals surface area contributed by atoms with Gasteiger partial charge in [0.2, 0.25) is 0 Å². The maximum atomic E-state index is 10.8. The smallest absolute Gasteiger partial charge is 0.269 e. The van der Waals surface area contributed by atoms with Gasteiger partial charge < -0.3 is 10.2 Å². The minimum Gasteiger partial charge on any atom is -0.486 e. The number of non-ortho nitro benzene ring substituents is 1. The number of hydrogen-bond donors (Lipinski definition) is 2. The first-order valence-electron chi connectivity index (χ1n) is 5.83. The summed E-state index contributed by atoms with van der Waals surface area (Å²) in [6.07, 6.45) is 0. The second-order valence-corrected chi connectivity index (χ2v) is 4.90. The highest BCUT2D eigenvalue weighted by Crippen LogP contribution is 2.33. The molecule has 21 heavy (non-hydrogen) atoms. The van der Waals surface area contributed by atoms with Gasteiger partial charge in [-0.1, -0.05) is 29.3 Å². The van der Waals surface area contributed by atoms with E-state index in [1.807, 2.05) is 0 Å². The lowest BCUT2D eigenvalue weighted by molar-refractivity contribution is -0.384. The fourth-order valence-corrected chi connectivity index (χ4v) is 2.23. The minimum atomic E-state index is -0.494. The number of nitrogens with one attached hydrogen (secondary N) is 1. The van der Waals surface area contributed by atoms with Crippen molar-refractivity contribution in [2.45, 2.75) is 6.61 Å². The van der Waals surface area contributed by atoms with Gasteiger partial charge in [0, 0.05) is 17.7 Å². The van der Waals surface area contributed by atoms with Crippen molar-refractivity contribution in [1.82, 2.24) is 0 Å². The summed E-state index contributed by atoms with van der Waals surface area (Å²) >= 11 is 12.0. The van der Waals surface area contributed by atoms with Crippen LogP contribution in [0.4, 0.5) is 11.4 Å². The number of rotatable bonds is 5. The summed E-state index contributed by atoms with van der Waals surface area (Å²) < 4.78 is 5.55. The van der Waals surface area contributed by atoms with Crippen LogP contribution >= 0.6 is 23.2 Å². The molecule has 0 atom stereocenters. The third-order valence-corrected chi connectivity index (χ3v) is 3.34. The summed E-state index contributed by atoms with van der Waals surface area (Å²) in [4.78, 5) is 10.3. The van der Waals surface area contributed by atoms with Gasteiger partial charge in [0.25, 0.3) is 5.69 Å². The molecular weight excluding hydrogens is 317 g/mol. The van der Waals surface area contributed by atoms with Crippen LogP contribution < -0.4 is 16.0 Å². The van der Waals surface area contributed by atoms with Crippen LogP contribution in [0.25, 0.3) is 0 Å². The zero-order valence-corrected chi connectivity index (χ0v) is 12.2. The largest absolute Gasteiger partial charge is 0.486 e. The molecule has 0 spiro atoms. The quantitative estimate of drug-likeness (QED) is 0.495. The van der Waals surface area contributed by atoms with E-state index in [0.717, 1.165) is 0 Å². The molecule has 2 aromatic rings. The fourth-order valence-electron chi connectivity index (χ4n) is 1.72. The molecule has 0 amide bonds. The van der Waals surface area contributed by atoms with Gasteiger partial charge in [-0.15, -0.1) is 0 Å². The predicted octanol–water partition coefficient (Wildman–Crippen LogP) is 3.77. The number of halogens is 2. The van der Waals surface area contributed by atoms with Crippen molar-refractivity contribution in [2.75, 3.05) is 5.43 Å². The Bertz CT molecular complexity index is 659. The Hall–Kier alpha value is -2.02. The van der Waals surface area contributed by atoms with Crippen LogP contribution in [0.3, 0.4) is 0 Å². The molecule has 0 aromatic heterocycles.